The molecule has 0 aromatic carbocycles. The van der Waals surface area contributed by atoms with Crippen molar-refractivity contribution >= 4 is 14.4 Å². The monoisotopic (exact) mass is 229 g/mol. The van der Waals surface area contributed by atoms with Gasteiger partial charge in [0, 0.05) is 19.5 Å². The van der Waals surface area contributed by atoms with E-state index in [0.717, 1.165) is 11.3 Å². The highest BCUT2D eigenvalue weighted by Crippen LogP contribution is 2.22. The van der Waals surface area contributed by atoms with Crippen molar-refractivity contribution in [2.75, 3.05) is 13.1 Å². The molecule has 4 nitrogen and oxygen atoms in total. The normalized spacial score (nSPS) is 18.0. The van der Waals surface area contributed by atoms with E-state index in [0.29, 0.717) is 19.5 Å². The molecule has 0 aliphatic carbocycles. The lowest BCUT2D eigenvalue weighted by atomic mass is 10.1. The molecule has 0 aromatic heterocycles. The van der Waals surface area contributed by atoms with Crippen LogP contribution in [0.3, 0.4) is 0 Å². The Balaban J connectivity index is 2.68. The third-order valence-corrected chi connectivity index (χ3v) is 3.07. The number of nitrogens with zero attached hydrogens (tertiary/aromatic N) is 1. The molecular weight excluding hydrogens is 210 g/mol. The van der Waals surface area contributed by atoms with Gasteiger partial charge in [0.1, 0.15) is 0 Å². The molecule has 0 bridgehead atoms. The van der Waals surface area contributed by atoms with E-state index in [4.69, 9.17) is 9.53 Å². The lowest BCUT2D eigenvalue weighted by molar-refractivity contribution is 0.144. The van der Waals surface area contributed by atoms with Gasteiger partial charge in [0.25, 0.3) is 0 Å². The van der Waals surface area contributed by atoms with Crippen LogP contribution in [0.5, 0.6) is 0 Å². The van der Waals surface area contributed by atoms with Crippen LogP contribution in [0.4, 0.5) is 4.79 Å². The largest absolute Gasteiger partial charge is 0.547 e. The Hall–Kier alpha value is -0.973. The van der Waals surface area contributed by atoms with Crippen molar-refractivity contribution < 1.29 is 14.3 Å². The molecule has 1 aliphatic rings. The summed E-state index contributed by atoms with van der Waals surface area (Å²) in [5, 5.41) is 8.85. The number of hydrogen-bond acceptors (Lipinski definition) is 2. The molecule has 0 aromatic rings. The van der Waals surface area contributed by atoms with Gasteiger partial charge in [-0.1, -0.05) is 0 Å². The van der Waals surface area contributed by atoms with E-state index >= 15 is 0 Å². The summed E-state index contributed by atoms with van der Waals surface area (Å²) in [7, 11) is -1.56. The van der Waals surface area contributed by atoms with Crippen LogP contribution >= 0.6 is 0 Å². The highest BCUT2D eigenvalue weighted by Gasteiger charge is 2.24. The van der Waals surface area contributed by atoms with Crippen LogP contribution in [-0.4, -0.2) is 37.5 Å². The number of amides is 1. The molecule has 0 atom stereocenters. The molecule has 5 heteroatoms. The fraction of sp³-hybridized carbons (Fsp3) is 0.700. The van der Waals surface area contributed by atoms with E-state index in [-0.39, 0.29) is 0 Å². The van der Waals surface area contributed by atoms with Gasteiger partial charge in [0.05, 0.1) is 5.76 Å². The second-order valence-corrected chi connectivity index (χ2v) is 9.30. The van der Waals surface area contributed by atoms with Gasteiger partial charge in [0.15, 0.2) is 0 Å². The van der Waals surface area contributed by atoms with Crippen molar-refractivity contribution in [2.24, 2.45) is 0 Å². The van der Waals surface area contributed by atoms with E-state index in [1.54, 1.807) is 0 Å². The molecule has 86 valence electrons. The summed E-state index contributed by atoms with van der Waals surface area (Å²) in [5.74, 6) is 1.01. The number of hydrogen-bond donors (Lipinski definition) is 1. The highest BCUT2D eigenvalue weighted by molar-refractivity contribution is 6.70. The Bertz CT molecular complexity index is 294. The Labute approximate surface area is 91.7 Å². The highest BCUT2D eigenvalue weighted by atomic mass is 28.4. The predicted molar refractivity (Wildman–Crippen MR) is 61.3 cm³/mol. The van der Waals surface area contributed by atoms with E-state index in [9.17, 15) is 4.79 Å². The van der Waals surface area contributed by atoms with Crippen LogP contribution in [0.1, 0.15) is 13.3 Å². The average molecular weight is 229 g/mol. The maximum absolute atomic E-state index is 10.8. The fourth-order valence-electron chi connectivity index (χ4n) is 1.57. The molecule has 0 unspecified atom stereocenters. The first-order valence-corrected chi connectivity index (χ1v) is 8.56. The van der Waals surface area contributed by atoms with Crippen molar-refractivity contribution in [1.82, 2.24) is 4.90 Å². The smallest absolute Gasteiger partial charge is 0.407 e. The fourth-order valence-corrected chi connectivity index (χ4v) is 2.59. The van der Waals surface area contributed by atoms with Gasteiger partial charge >= 0.3 is 6.09 Å². The predicted octanol–water partition coefficient (Wildman–Crippen LogP) is 2.50. The SMILES string of the molecule is CC1=C(O[Si](C)(C)C)CCN(C(=O)O)C1. The lowest BCUT2D eigenvalue weighted by Crippen LogP contribution is -2.37. The van der Waals surface area contributed by atoms with Gasteiger partial charge in [-0.05, 0) is 32.1 Å². The second-order valence-electron chi connectivity index (χ2n) is 4.87. The molecule has 1 amide bonds. The van der Waals surface area contributed by atoms with Crippen LogP contribution in [0, 0.1) is 0 Å². The molecular formula is C10H19NO3Si. The Kier molecular flexibility index (Phi) is 3.44. The molecule has 0 fully saturated rings. The minimum atomic E-state index is -1.56. The van der Waals surface area contributed by atoms with Crippen LogP contribution in [0.15, 0.2) is 11.3 Å². The summed E-state index contributed by atoms with van der Waals surface area (Å²) in [6, 6.07) is 0. The summed E-state index contributed by atoms with van der Waals surface area (Å²) in [4.78, 5) is 12.2. The van der Waals surface area contributed by atoms with Crippen molar-refractivity contribution in [2.45, 2.75) is 33.0 Å². The minimum Gasteiger partial charge on any atom is -0.547 e. The first-order valence-electron chi connectivity index (χ1n) is 5.15. The number of rotatable bonds is 2. The van der Waals surface area contributed by atoms with E-state index in [2.05, 4.69) is 19.6 Å². The topological polar surface area (TPSA) is 49.8 Å². The average Bonchev–Trinajstić information content (AvgIpc) is 2.05. The summed E-state index contributed by atoms with van der Waals surface area (Å²) < 4.78 is 5.92. The Morgan fingerprint density at radius 2 is 2.07 bits per heavy atom. The van der Waals surface area contributed by atoms with Gasteiger partial charge in [-0.25, -0.2) is 4.79 Å². The third-order valence-electron chi connectivity index (χ3n) is 2.21. The van der Waals surface area contributed by atoms with Crippen molar-refractivity contribution in [3.63, 3.8) is 0 Å². The first-order chi connectivity index (χ1) is 6.79. The molecule has 0 spiro atoms. The van der Waals surface area contributed by atoms with Gasteiger partial charge in [0.2, 0.25) is 8.32 Å². The second kappa shape index (κ2) is 4.26. The quantitative estimate of drug-likeness (QED) is 0.740. The van der Waals surface area contributed by atoms with Crippen LogP contribution in [0.2, 0.25) is 19.6 Å². The van der Waals surface area contributed by atoms with Crippen LogP contribution in [0.25, 0.3) is 0 Å². The zero-order valence-electron chi connectivity index (χ0n) is 9.83. The van der Waals surface area contributed by atoms with Crippen molar-refractivity contribution in [3.8, 4) is 0 Å². The van der Waals surface area contributed by atoms with E-state index in [1.807, 2.05) is 6.92 Å². The van der Waals surface area contributed by atoms with E-state index in [1.165, 1.54) is 4.90 Å². The Morgan fingerprint density at radius 3 is 2.47 bits per heavy atom. The first kappa shape index (κ1) is 12.1. The molecule has 1 heterocycles. The van der Waals surface area contributed by atoms with Crippen molar-refractivity contribution in [3.05, 3.63) is 11.3 Å². The third kappa shape index (κ3) is 3.58. The summed E-state index contributed by atoms with van der Waals surface area (Å²) in [6.07, 6.45) is -0.135. The van der Waals surface area contributed by atoms with Gasteiger partial charge < -0.3 is 14.4 Å². The number of carbonyl (C=O) groups is 1. The molecule has 1 rings (SSSR count). The van der Waals surface area contributed by atoms with Gasteiger partial charge in [-0.15, -0.1) is 0 Å². The van der Waals surface area contributed by atoms with Crippen LogP contribution < -0.4 is 0 Å². The summed E-state index contributed by atoms with van der Waals surface area (Å²) in [5.41, 5.74) is 1.05. The molecule has 1 aliphatic heterocycles. The molecule has 0 saturated heterocycles. The Morgan fingerprint density at radius 1 is 1.47 bits per heavy atom. The zero-order chi connectivity index (χ0) is 11.6. The molecule has 0 radical (unpaired) electrons. The molecule has 15 heavy (non-hydrogen) atoms. The molecule has 1 N–H and O–H groups in total. The maximum Gasteiger partial charge on any atom is 0.407 e. The van der Waals surface area contributed by atoms with E-state index < -0.39 is 14.4 Å². The standard InChI is InChI=1S/C10H19NO3Si/c1-8-7-11(10(12)13)6-5-9(8)14-15(2,3)4/h5-7H2,1-4H3,(H,12,13). The van der Waals surface area contributed by atoms with Gasteiger partial charge in [-0.3, -0.25) is 0 Å². The summed E-state index contributed by atoms with van der Waals surface area (Å²) >= 11 is 0. The van der Waals surface area contributed by atoms with Crippen LogP contribution in [-0.2, 0) is 4.43 Å². The molecule has 0 saturated carbocycles. The van der Waals surface area contributed by atoms with Gasteiger partial charge in [-0.2, -0.15) is 0 Å². The van der Waals surface area contributed by atoms with Crippen molar-refractivity contribution in [1.29, 1.82) is 0 Å². The summed E-state index contributed by atoms with van der Waals surface area (Å²) in [6.45, 7) is 9.39. The maximum atomic E-state index is 10.8. The minimum absolute atomic E-state index is 0.481. The zero-order valence-corrected chi connectivity index (χ0v) is 10.8. The number of carboxylic acid groups (broad SMARTS) is 1. The lowest BCUT2D eigenvalue weighted by Gasteiger charge is -2.31.